The van der Waals surface area contributed by atoms with Crippen LogP contribution in [0.25, 0.3) is 0 Å². The lowest BCUT2D eigenvalue weighted by Gasteiger charge is -2.23. The molecule has 108 valence electrons. The Morgan fingerprint density at radius 1 is 1.10 bits per heavy atom. The van der Waals surface area contributed by atoms with E-state index in [2.05, 4.69) is 0 Å². The van der Waals surface area contributed by atoms with Crippen molar-refractivity contribution < 1.29 is 23.9 Å². The minimum atomic E-state index is -1.30. The molecule has 0 aliphatic carbocycles. The van der Waals surface area contributed by atoms with E-state index >= 15 is 0 Å². The van der Waals surface area contributed by atoms with Crippen LogP contribution >= 0.6 is 19.5 Å². The van der Waals surface area contributed by atoms with Gasteiger partial charge in [0.15, 0.2) is 0 Å². The predicted molar refractivity (Wildman–Crippen MR) is 70.8 cm³/mol. The van der Waals surface area contributed by atoms with Gasteiger partial charge in [0.1, 0.15) is 13.2 Å². The monoisotopic (exact) mass is 318 g/mol. The van der Waals surface area contributed by atoms with Gasteiger partial charge in [-0.3, -0.25) is 14.6 Å². The van der Waals surface area contributed by atoms with Crippen molar-refractivity contribution in [1.82, 2.24) is 9.80 Å². The smallest absolute Gasteiger partial charge is 0.414 e. The van der Waals surface area contributed by atoms with E-state index < -0.39 is 25.1 Å². The molecular weight excluding hydrogens is 307 g/mol. The molecule has 20 heavy (non-hydrogen) atoms. The molecule has 2 fully saturated rings. The molecule has 0 saturated carbocycles. The van der Waals surface area contributed by atoms with E-state index in [1.54, 1.807) is 0 Å². The van der Waals surface area contributed by atoms with Gasteiger partial charge in [0, 0.05) is 13.6 Å². The van der Waals surface area contributed by atoms with Crippen LogP contribution in [0.2, 0.25) is 0 Å². The number of allylic oxidation sites excluding steroid dienone is 1. The van der Waals surface area contributed by atoms with Crippen LogP contribution in [-0.4, -0.2) is 59.4 Å². The third-order valence-electron chi connectivity index (χ3n) is 3.40. The van der Waals surface area contributed by atoms with Crippen LogP contribution in [0.4, 0.5) is 14.4 Å². The molecule has 0 aromatic carbocycles. The van der Waals surface area contributed by atoms with Crippen molar-refractivity contribution >= 4 is 36.7 Å². The Morgan fingerprint density at radius 2 is 1.70 bits per heavy atom. The van der Waals surface area contributed by atoms with Gasteiger partial charge in [-0.05, 0) is 24.2 Å². The first-order valence-electron chi connectivity index (χ1n) is 6.18. The van der Waals surface area contributed by atoms with Gasteiger partial charge in [-0.15, -0.1) is 0 Å². The van der Waals surface area contributed by atoms with Crippen molar-refractivity contribution in [2.24, 2.45) is 0 Å². The minimum Gasteiger partial charge on any atom is -0.447 e. The molecule has 1 atom stereocenters. The van der Waals surface area contributed by atoms with Crippen LogP contribution < -0.4 is 0 Å². The predicted octanol–water partition coefficient (Wildman–Crippen LogP) is 2.30. The number of halogens is 1. The van der Waals surface area contributed by atoms with E-state index in [1.165, 1.54) is 9.80 Å². The van der Waals surface area contributed by atoms with E-state index in [0.29, 0.717) is 43.4 Å². The highest BCUT2D eigenvalue weighted by atomic mass is 35.5. The summed E-state index contributed by atoms with van der Waals surface area (Å²) in [5.41, 5.74) is 1.23. The maximum Gasteiger partial charge on any atom is 0.414 e. The summed E-state index contributed by atoms with van der Waals surface area (Å²) < 4.78 is 9.84. The van der Waals surface area contributed by atoms with Gasteiger partial charge >= 0.3 is 12.2 Å². The molecule has 2 amide bonds. The molecule has 7 nitrogen and oxygen atoms in total. The van der Waals surface area contributed by atoms with Gasteiger partial charge < -0.3 is 9.47 Å². The Morgan fingerprint density at radius 3 is 2.20 bits per heavy atom. The fourth-order valence-electron chi connectivity index (χ4n) is 2.54. The van der Waals surface area contributed by atoms with E-state index in [4.69, 9.17) is 21.1 Å². The summed E-state index contributed by atoms with van der Waals surface area (Å²) >= 11 is 5.66. The van der Waals surface area contributed by atoms with E-state index in [-0.39, 0.29) is 6.61 Å². The number of nitrogens with zero attached hydrogens (tertiary/aromatic N) is 2. The van der Waals surface area contributed by atoms with Crippen LogP contribution in [0.3, 0.4) is 0 Å². The molecule has 0 aromatic heterocycles. The second kappa shape index (κ2) is 5.22. The summed E-state index contributed by atoms with van der Waals surface area (Å²) in [5, 5.41) is 0. The summed E-state index contributed by atoms with van der Waals surface area (Å²) in [7, 11) is -1.30. The zero-order chi connectivity index (χ0) is 14.3. The van der Waals surface area contributed by atoms with Crippen molar-refractivity contribution in [2.75, 3.05) is 32.5 Å². The normalized spacial score (nSPS) is 26.4. The summed E-state index contributed by atoms with van der Waals surface area (Å²) in [4.78, 5) is 37.5. The van der Waals surface area contributed by atoms with Crippen LogP contribution in [-0.2, 0) is 9.47 Å². The maximum absolute atomic E-state index is 11.8. The second-order valence-corrected chi connectivity index (χ2v) is 7.20. The third kappa shape index (κ3) is 2.15. The number of ether oxygens (including phenoxy) is 2. The molecule has 0 N–H and O–H groups in total. The number of cyclic esters (lactones) is 2. The highest BCUT2D eigenvalue weighted by Crippen LogP contribution is 2.57. The number of amides is 2. The quantitative estimate of drug-likeness (QED) is 0.589. The zero-order valence-corrected chi connectivity index (χ0v) is 12.2. The molecule has 0 aromatic rings. The lowest BCUT2D eigenvalue weighted by Crippen LogP contribution is -2.29. The lowest BCUT2D eigenvalue weighted by atomic mass is 10.3. The van der Waals surface area contributed by atoms with Crippen molar-refractivity contribution in [3.8, 4) is 0 Å². The van der Waals surface area contributed by atoms with Gasteiger partial charge in [0.05, 0.1) is 18.5 Å². The van der Waals surface area contributed by atoms with Crippen LogP contribution in [0, 0.1) is 0 Å². The zero-order valence-electron chi connectivity index (χ0n) is 10.5. The largest absolute Gasteiger partial charge is 0.447 e. The first kappa shape index (κ1) is 13.6. The SMILES string of the molecule is O=C1OCCN1C1=C(N2CCOC2=O)P(C(=O)Cl)CC1. The summed E-state index contributed by atoms with van der Waals surface area (Å²) in [6.07, 6.45) is 0.162. The number of rotatable bonds is 3. The Hall–Kier alpha value is -1.33. The molecule has 3 aliphatic heterocycles. The van der Waals surface area contributed by atoms with Crippen LogP contribution in [0.5, 0.6) is 0 Å². The van der Waals surface area contributed by atoms with Crippen molar-refractivity contribution in [2.45, 2.75) is 6.42 Å². The van der Waals surface area contributed by atoms with Gasteiger partial charge in [0.25, 0.3) is 0 Å². The van der Waals surface area contributed by atoms with E-state index in [0.717, 1.165) is 0 Å². The molecule has 3 aliphatic rings. The first-order chi connectivity index (χ1) is 9.59. The van der Waals surface area contributed by atoms with E-state index in [9.17, 15) is 14.4 Å². The molecule has 3 heterocycles. The van der Waals surface area contributed by atoms with Crippen molar-refractivity contribution in [3.05, 3.63) is 11.1 Å². The fourth-order valence-corrected chi connectivity index (χ4v) is 5.04. The number of hydrogen-bond acceptors (Lipinski definition) is 5. The van der Waals surface area contributed by atoms with Crippen molar-refractivity contribution in [1.29, 1.82) is 0 Å². The van der Waals surface area contributed by atoms with Gasteiger partial charge in [0.2, 0.25) is 4.98 Å². The minimum absolute atomic E-state index is 0.277. The molecule has 0 bridgehead atoms. The van der Waals surface area contributed by atoms with Gasteiger partial charge in [-0.1, -0.05) is 0 Å². The topological polar surface area (TPSA) is 76.2 Å². The molecular formula is C11H12ClN2O5P. The lowest BCUT2D eigenvalue weighted by molar-refractivity contribution is 0.160. The Bertz CT molecular complexity index is 523. The number of hydrogen-bond donors (Lipinski definition) is 0. The van der Waals surface area contributed by atoms with Gasteiger partial charge in [-0.25, -0.2) is 9.59 Å². The molecule has 0 radical (unpaired) electrons. The highest BCUT2D eigenvalue weighted by Gasteiger charge is 2.42. The third-order valence-corrected chi connectivity index (χ3v) is 6.12. The Labute approximate surface area is 121 Å². The molecule has 1 unspecified atom stereocenters. The van der Waals surface area contributed by atoms with Crippen LogP contribution in [0.1, 0.15) is 6.42 Å². The van der Waals surface area contributed by atoms with Crippen molar-refractivity contribution in [3.63, 3.8) is 0 Å². The highest BCUT2D eigenvalue weighted by molar-refractivity contribution is 7.83. The molecule has 9 heteroatoms. The Kier molecular flexibility index (Phi) is 3.56. The summed E-state index contributed by atoms with van der Waals surface area (Å²) in [6, 6.07) is 0. The number of carbonyl (C=O) groups excluding carboxylic acids is 3. The van der Waals surface area contributed by atoms with Gasteiger partial charge in [-0.2, -0.15) is 0 Å². The summed E-state index contributed by atoms with van der Waals surface area (Å²) in [6.45, 7) is 1.40. The average Bonchev–Trinajstić information content (AvgIpc) is 3.07. The summed E-state index contributed by atoms with van der Waals surface area (Å²) in [5.74, 6) is 0. The average molecular weight is 319 g/mol. The molecule has 3 rings (SSSR count). The number of carbonyl (C=O) groups is 3. The second-order valence-electron chi connectivity index (χ2n) is 4.46. The Balaban J connectivity index is 2.00. The fraction of sp³-hybridized carbons (Fsp3) is 0.545. The molecule has 2 saturated heterocycles. The first-order valence-corrected chi connectivity index (χ1v) is 8.09. The standard InChI is InChI=1S/C11H12ClN2O5P/c12-9(15)20-6-1-7(13-2-4-18-10(13)16)8(20)14-3-5-19-11(14)17/h1-6H2. The van der Waals surface area contributed by atoms with E-state index in [1.807, 2.05) is 0 Å². The maximum atomic E-state index is 11.8. The molecule has 0 spiro atoms. The van der Waals surface area contributed by atoms with Crippen LogP contribution in [0.15, 0.2) is 11.1 Å².